The van der Waals surface area contributed by atoms with Crippen LogP contribution in [-0.4, -0.2) is 19.2 Å². The van der Waals surface area contributed by atoms with Gasteiger partial charge in [0.2, 0.25) is 5.91 Å². The molecule has 84 valence electrons. The van der Waals surface area contributed by atoms with Crippen LogP contribution in [0.4, 0.5) is 0 Å². The minimum Gasteiger partial charge on any atom is -0.355 e. The molecule has 15 heavy (non-hydrogen) atoms. The van der Waals surface area contributed by atoms with Crippen LogP contribution in [-0.2, 0) is 4.79 Å². The van der Waals surface area contributed by atoms with Gasteiger partial charge in [-0.1, -0.05) is 32.8 Å². The molecule has 1 aliphatic rings. The first kappa shape index (κ1) is 12.3. The first-order chi connectivity index (χ1) is 7.06. The highest BCUT2D eigenvalue weighted by Crippen LogP contribution is 2.27. The molecule has 0 aliphatic heterocycles. The predicted molar refractivity (Wildman–Crippen MR) is 66.5 cm³/mol. The van der Waals surface area contributed by atoms with E-state index >= 15 is 0 Å². The average Bonchev–Trinajstić information content (AvgIpc) is 2.19. The Morgan fingerprint density at radius 1 is 1.47 bits per heavy atom. The predicted octanol–water partition coefficient (Wildman–Crippen LogP) is 1.61. The van der Waals surface area contributed by atoms with Crippen LogP contribution >= 0.6 is 0 Å². The van der Waals surface area contributed by atoms with Crippen molar-refractivity contribution in [2.45, 2.75) is 50.9 Å². The molecule has 0 saturated heterocycles. The number of amides is 1. The maximum absolute atomic E-state index is 11.3. The van der Waals surface area contributed by atoms with Gasteiger partial charge in [0.25, 0.3) is 0 Å². The van der Waals surface area contributed by atoms with Crippen LogP contribution < -0.4 is 5.32 Å². The van der Waals surface area contributed by atoms with Crippen LogP contribution in [0, 0.1) is 5.92 Å². The van der Waals surface area contributed by atoms with Gasteiger partial charge >= 0.3 is 0 Å². The molecule has 0 aromatic carbocycles. The highest BCUT2D eigenvalue weighted by Gasteiger charge is 2.26. The average molecular weight is 207 g/mol. The van der Waals surface area contributed by atoms with Crippen molar-refractivity contribution in [2.75, 3.05) is 0 Å². The Hall–Kier alpha value is -0.725. The van der Waals surface area contributed by atoms with Crippen LogP contribution in [0.25, 0.3) is 0 Å². The lowest BCUT2D eigenvalue weighted by Crippen LogP contribution is -2.49. The Morgan fingerprint density at radius 2 is 2.20 bits per heavy atom. The van der Waals surface area contributed by atoms with Crippen molar-refractivity contribution in [1.29, 1.82) is 0 Å². The molecule has 0 heterocycles. The smallest absolute Gasteiger partial charge is 0.243 e. The minimum atomic E-state index is -0.0364. The molecular formula is C12H22BNO. The third-order valence-corrected chi connectivity index (χ3v) is 3.47. The summed E-state index contributed by atoms with van der Waals surface area (Å²) in [6.07, 6.45) is 8.62. The first-order valence-corrected chi connectivity index (χ1v) is 6.00. The van der Waals surface area contributed by atoms with Crippen molar-refractivity contribution in [3.05, 3.63) is 12.7 Å². The van der Waals surface area contributed by atoms with Crippen molar-refractivity contribution in [3.63, 3.8) is 0 Å². The van der Waals surface area contributed by atoms with Gasteiger partial charge in [-0.3, -0.25) is 4.79 Å². The number of hydrogen-bond acceptors (Lipinski definition) is 1. The fraction of sp³-hybridized carbons (Fsp3) is 0.750. The molecule has 1 rings (SSSR count). The largest absolute Gasteiger partial charge is 0.355 e. The highest BCUT2D eigenvalue weighted by atomic mass is 16.1. The van der Waals surface area contributed by atoms with E-state index in [-0.39, 0.29) is 11.3 Å². The second kappa shape index (κ2) is 5.38. The lowest BCUT2D eigenvalue weighted by atomic mass is 9.68. The standard InChI is InChI=1S/C12H22BNO/c1-3-11(15)14-12(13)8-5-4-6-10(2)7-9-12/h3,10H,1,4-9,13H2,2H3,(H,14,15). The first-order valence-electron chi connectivity index (χ1n) is 6.00. The van der Waals surface area contributed by atoms with E-state index in [1.807, 2.05) is 0 Å². The number of carbonyl (C=O) groups excluding carboxylic acids is 1. The van der Waals surface area contributed by atoms with E-state index in [4.69, 9.17) is 0 Å². The van der Waals surface area contributed by atoms with Gasteiger partial charge in [0.1, 0.15) is 7.85 Å². The summed E-state index contributed by atoms with van der Waals surface area (Å²) < 4.78 is 0. The second-order valence-corrected chi connectivity index (χ2v) is 5.14. The fourth-order valence-corrected chi connectivity index (χ4v) is 2.32. The van der Waals surface area contributed by atoms with Crippen LogP contribution in [0.1, 0.15) is 45.4 Å². The molecule has 0 radical (unpaired) electrons. The molecular weight excluding hydrogens is 185 g/mol. The maximum Gasteiger partial charge on any atom is 0.243 e. The van der Waals surface area contributed by atoms with E-state index in [1.54, 1.807) is 0 Å². The van der Waals surface area contributed by atoms with Gasteiger partial charge in [-0.25, -0.2) is 0 Å². The van der Waals surface area contributed by atoms with E-state index in [0.29, 0.717) is 0 Å². The van der Waals surface area contributed by atoms with Crippen LogP contribution in [0.5, 0.6) is 0 Å². The summed E-state index contributed by atoms with van der Waals surface area (Å²) in [7, 11) is 2.16. The number of carbonyl (C=O) groups is 1. The Morgan fingerprint density at radius 3 is 2.87 bits per heavy atom. The number of hydrogen-bond donors (Lipinski definition) is 1. The minimum absolute atomic E-state index is 0.0139. The van der Waals surface area contributed by atoms with Gasteiger partial charge in [-0.05, 0) is 31.3 Å². The lowest BCUT2D eigenvalue weighted by Gasteiger charge is -2.34. The van der Waals surface area contributed by atoms with Gasteiger partial charge in [0.05, 0.1) is 0 Å². The molecule has 1 amide bonds. The van der Waals surface area contributed by atoms with Crippen molar-refractivity contribution >= 4 is 13.8 Å². The third kappa shape index (κ3) is 4.11. The van der Waals surface area contributed by atoms with Crippen LogP contribution in [0.2, 0.25) is 0 Å². The van der Waals surface area contributed by atoms with Crippen LogP contribution in [0.3, 0.4) is 0 Å². The maximum atomic E-state index is 11.3. The zero-order valence-corrected chi connectivity index (χ0v) is 10.0. The second-order valence-electron chi connectivity index (χ2n) is 5.14. The topological polar surface area (TPSA) is 29.1 Å². The molecule has 0 spiro atoms. The SMILES string of the molecule is BC1(NC(=O)C=C)CCCCC(C)CC1. The summed E-state index contributed by atoms with van der Waals surface area (Å²) in [6, 6.07) is 0. The van der Waals surface area contributed by atoms with Gasteiger partial charge in [0.15, 0.2) is 0 Å². The van der Waals surface area contributed by atoms with Crippen LogP contribution in [0.15, 0.2) is 12.7 Å². The Kier molecular flexibility index (Phi) is 4.43. The quantitative estimate of drug-likeness (QED) is 0.541. The van der Waals surface area contributed by atoms with E-state index in [0.717, 1.165) is 18.8 Å². The zero-order valence-electron chi connectivity index (χ0n) is 10.0. The van der Waals surface area contributed by atoms with E-state index in [2.05, 4.69) is 26.7 Å². The molecule has 0 bridgehead atoms. The third-order valence-electron chi connectivity index (χ3n) is 3.47. The molecule has 3 heteroatoms. The Balaban J connectivity index is 2.55. The normalized spacial score (nSPS) is 32.5. The summed E-state index contributed by atoms with van der Waals surface area (Å²) in [5.74, 6) is 0.760. The summed E-state index contributed by atoms with van der Waals surface area (Å²) in [6.45, 7) is 5.81. The van der Waals surface area contributed by atoms with Crippen molar-refractivity contribution in [1.82, 2.24) is 5.32 Å². The fourth-order valence-electron chi connectivity index (χ4n) is 2.32. The summed E-state index contributed by atoms with van der Waals surface area (Å²) in [5.41, 5.74) is -0.0139. The molecule has 1 N–H and O–H groups in total. The van der Waals surface area contributed by atoms with E-state index in [1.165, 1.54) is 31.8 Å². The summed E-state index contributed by atoms with van der Waals surface area (Å²) in [4.78, 5) is 11.3. The molecule has 1 aliphatic carbocycles. The summed E-state index contributed by atoms with van der Waals surface area (Å²) in [5, 5.41) is 3.08. The molecule has 0 aromatic heterocycles. The number of nitrogens with one attached hydrogen (secondary N) is 1. The van der Waals surface area contributed by atoms with Crippen molar-refractivity contribution in [2.24, 2.45) is 5.92 Å². The van der Waals surface area contributed by atoms with E-state index in [9.17, 15) is 4.79 Å². The van der Waals surface area contributed by atoms with Gasteiger partial charge < -0.3 is 5.32 Å². The Labute approximate surface area is 93.9 Å². The van der Waals surface area contributed by atoms with Gasteiger partial charge in [-0.15, -0.1) is 0 Å². The monoisotopic (exact) mass is 207 g/mol. The zero-order chi connectivity index (χ0) is 11.3. The van der Waals surface area contributed by atoms with Gasteiger partial charge in [0, 0.05) is 5.44 Å². The molecule has 2 nitrogen and oxygen atoms in total. The van der Waals surface area contributed by atoms with Gasteiger partial charge in [-0.2, -0.15) is 0 Å². The number of rotatable bonds is 2. The molecule has 2 unspecified atom stereocenters. The van der Waals surface area contributed by atoms with Crippen molar-refractivity contribution < 1.29 is 4.79 Å². The molecule has 2 atom stereocenters. The highest BCUT2D eigenvalue weighted by molar-refractivity contribution is 6.17. The summed E-state index contributed by atoms with van der Waals surface area (Å²) >= 11 is 0. The molecule has 1 fully saturated rings. The Bertz CT molecular complexity index is 242. The lowest BCUT2D eigenvalue weighted by molar-refractivity contribution is -0.117. The molecule has 0 aromatic rings. The molecule has 1 saturated carbocycles. The van der Waals surface area contributed by atoms with E-state index < -0.39 is 0 Å². The van der Waals surface area contributed by atoms with Crippen molar-refractivity contribution in [3.8, 4) is 0 Å².